The number of nitrogens with zero attached hydrogens (tertiary/aromatic N) is 1. The van der Waals surface area contributed by atoms with Gasteiger partial charge in [-0.05, 0) is 43.1 Å². The molecule has 3 rings (SSSR count). The second-order valence-corrected chi connectivity index (χ2v) is 7.50. The molecule has 1 saturated heterocycles. The van der Waals surface area contributed by atoms with Gasteiger partial charge < -0.3 is 10.4 Å². The molecule has 2 aromatic rings. The fourth-order valence-electron chi connectivity index (χ4n) is 3.12. The average molecular weight is 414 g/mol. The summed E-state index contributed by atoms with van der Waals surface area (Å²) in [6.45, 7) is 3.39. The van der Waals surface area contributed by atoms with Crippen LogP contribution in [0.25, 0.3) is 0 Å². The molecule has 2 N–H and O–H groups in total. The second kappa shape index (κ2) is 8.49. The molecule has 4 nitrogen and oxygen atoms in total. The number of likely N-dealkylation sites (tertiary alicyclic amines) is 1. The number of hydrogen-bond acceptors (Lipinski definition) is 3. The number of phenolic OH excluding ortho intramolecular Hbond substituents is 1. The number of hydrogen-bond donors (Lipinski definition) is 2. The number of benzene rings is 2. The highest BCUT2D eigenvalue weighted by Gasteiger charge is 2.21. The number of nitrogens with one attached hydrogen (secondary N) is 1. The number of phenols is 1. The number of carbonyl (C=O) groups is 1. The van der Waals surface area contributed by atoms with E-state index in [4.69, 9.17) is 34.8 Å². The minimum atomic E-state index is -0.520. The van der Waals surface area contributed by atoms with E-state index in [-0.39, 0.29) is 26.4 Å². The molecular formula is C19H19Cl3N2O2. The van der Waals surface area contributed by atoms with Gasteiger partial charge in [-0.25, -0.2) is 0 Å². The Morgan fingerprint density at radius 3 is 2.42 bits per heavy atom. The lowest BCUT2D eigenvalue weighted by molar-refractivity contribution is 0.0948. The van der Waals surface area contributed by atoms with Crippen LogP contribution in [-0.2, 0) is 13.1 Å². The van der Waals surface area contributed by atoms with Gasteiger partial charge in [-0.3, -0.25) is 9.69 Å². The van der Waals surface area contributed by atoms with E-state index < -0.39 is 5.91 Å². The third-order valence-corrected chi connectivity index (χ3v) is 5.60. The maximum atomic E-state index is 12.5. The normalized spacial score (nSPS) is 14.6. The van der Waals surface area contributed by atoms with E-state index in [1.807, 2.05) is 18.2 Å². The molecule has 0 unspecified atom stereocenters. The summed E-state index contributed by atoms with van der Waals surface area (Å²) in [5.74, 6) is -0.892. The lowest BCUT2D eigenvalue weighted by atomic mass is 10.1. The monoisotopic (exact) mass is 412 g/mol. The van der Waals surface area contributed by atoms with Crippen LogP contribution in [0.5, 0.6) is 5.75 Å². The van der Waals surface area contributed by atoms with Gasteiger partial charge >= 0.3 is 0 Å². The molecule has 1 aliphatic rings. The van der Waals surface area contributed by atoms with Crippen molar-refractivity contribution < 1.29 is 9.90 Å². The van der Waals surface area contributed by atoms with Crippen molar-refractivity contribution in [2.75, 3.05) is 13.1 Å². The van der Waals surface area contributed by atoms with Crippen LogP contribution in [0.3, 0.4) is 0 Å². The first-order valence-corrected chi connectivity index (χ1v) is 9.54. The zero-order valence-electron chi connectivity index (χ0n) is 14.1. The van der Waals surface area contributed by atoms with E-state index in [1.165, 1.54) is 24.5 Å². The maximum absolute atomic E-state index is 12.5. The zero-order chi connectivity index (χ0) is 18.7. The van der Waals surface area contributed by atoms with Crippen LogP contribution >= 0.6 is 34.8 Å². The summed E-state index contributed by atoms with van der Waals surface area (Å²) < 4.78 is 0. The van der Waals surface area contributed by atoms with Crippen LogP contribution in [0.2, 0.25) is 15.1 Å². The van der Waals surface area contributed by atoms with Crippen LogP contribution in [0, 0.1) is 0 Å². The Balaban J connectivity index is 1.75. The molecule has 0 aliphatic carbocycles. The first-order chi connectivity index (χ1) is 12.5. The molecule has 0 atom stereocenters. The second-order valence-electron chi connectivity index (χ2n) is 6.31. The van der Waals surface area contributed by atoms with Gasteiger partial charge in [0.15, 0.2) is 0 Å². The van der Waals surface area contributed by atoms with E-state index in [0.717, 1.165) is 25.2 Å². The van der Waals surface area contributed by atoms with Crippen molar-refractivity contribution in [1.82, 2.24) is 10.2 Å². The fourth-order valence-corrected chi connectivity index (χ4v) is 3.82. The summed E-state index contributed by atoms with van der Waals surface area (Å²) in [4.78, 5) is 14.9. The van der Waals surface area contributed by atoms with Crippen molar-refractivity contribution >= 4 is 40.7 Å². The van der Waals surface area contributed by atoms with Gasteiger partial charge in [0.05, 0.1) is 15.1 Å². The number of halogens is 3. The molecule has 26 heavy (non-hydrogen) atoms. The van der Waals surface area contributed by atoms with Crippen molar-refractivity contribution in [2.45, 2.75) is 25.9 Å². The molecule has 0 aromatic heterocycles. The molecule has 1 heterocycles. The summed E-state index contributed by atoms with van der Waals surface area (Å²) in [7, 11) is 0. The molecule has 138 valence electrons. The standard InChI is InChI=1S/C19H19Cl3N2O2/c20-14-9-15(21)18(25)16(17(14)22)19(26)23-10-12-5-1-2-6-13(12)11-24-7-3-4-8-24/h1-2,5-6,9,25H,3-4,7-8,10-11H2,(H,23,26). The molecular weight excluding hydrogens is 395 g/mol. The Morgan fingerprint density at radius 1 is 1.08 bits per heavy atom. The number of aromatic hydroxyl groups is 1. The number of amides is 1. The van der Waals surface area contributed by atoms with E-state index in [9.17, 15) is 9.90 Å². The molecule has 1 fully saturated rings. The summed E-state index contributed by atoms with van der Waals surface area (Å²) in [5.41, 5.74) is 2.09. The third-order valence-electron chi connectivity index (χ3n) is 4.52. The third kappa shape index (κ3) is 4.26. The largest absolute Gasteiger partial charge is 0.505 e. The average Bonchev–Trinajstić information content (AvgIpc) is 3.12. The zero-order valence-corrected chi connectivity index (χ0v) is 16.3. The van der Waals surface area contributed by atoms with Crippen molar-refractivity contribution in [2.24, 2.45) is 0 Å². The molecule has 0 bridgehead atoms. The van der Waals surface area contributed by atoms with Crippen molar-refractivity contribution in [1.29, 1.82) is 0 Å². The van der Waals surface area contributed by atoms with Crippen LogP contribution in [0.1, 0.15) is 34.3 Å². The van der Waals surface area contributed by atoms with Gasteiger partial charge in [0, 0.05) is 13.1 Å². The van der Waals surface area contributed by atoms with Gasteiger partial charge in [0.25, 0.3) is 5.91 Å². The van der Waals surface area contributed by atoms with Gasteiger partial charge in [0.1, 0.15) is 11.3 Å². The summed E-state index contributed by atoms with van der Waals surface area (Å²) in [5, 5.41) is 13.0. The summed E-state index contributed by atoms with van der Waals surface area (Å²) >= 11 is 17.9. The molecule has 7 heteroatoms. The quantitative estimate of drug-likeness (QED) is 0.687. The van der Waals surface area contributed by atoms with E-state index >= 15 is 0 Å². The van der Waals surface area contributed by atoms with Crippen molar-refractivity contribution in [3.05, 3.63) is 62.1 Å². The lowest BCUT2D eigenvalue weighted by Crippen LogP contribution is -2.25. The van der Waals surface area contributed by atoms with Gasteiger partial charge in [-0.15, -0.1) is 0 Å². The predicted molar refractivity (Wildman–Crippen MR) is 105 cm³/mol. The van der Waals surface area contributed by atoms with E-state index in [2.05, 4.69) is 16.3 Å². The predicted octanol–water partition coefficient (Wildman–Crippen LogP) is 4.88. The molecule has 2 aromatic carbocycles. The maximum Gasteiger partial charge on any atom is 0.256 e. The highest BCUT2D eigenvalue weighted by molar-refractivity contribution is 6.45. The SMILES string of the molecule is O=C(NCc1ccccc1CN1CCCC1)c1c(O)c(Cl)cc(Cl)c1Cl. The minimum Gasteiger partial charge on any atom is -0.505 e. The Morgan fingerprint density at radius 2 is 1.73 bits per heavy atom. The smallest absolute Gasteiger partial charge is 0.256 e. The highest BCUT2D eigenvalue weighted by Crippen LogP contribution is 2.38. The van der Waals surface area contributed by atoms with Gasteiger partial charge in [-0.1, -0.05) is 59.1 Å². The summed E-state index contributed by atoms with van der Waals surface area (Å²) in [6, 6.07) is 9.30. The number of rotatable bonds is 5. The molecule has 1 amide bonds. The molecule has 0 spiro atoms. The van der Waals surface area contributed by atoms with Gasteiger partial charge in [0.2, 0.25) is 0 Å². The van der Waals surface area contributed by atoms with E-state index in [1.54, 1.807) is 0 Å². The topological polar surface area (TPSA) is 52.6 Å². The molecule has 0 saturated carbocycles. The van der Waals surface area contributed by atoms with Crippen LogP contribution in [-0.4, -0.2) is 29.0 Å². The Bertz CT molecular complexity index is 794. The molecule has 1 aliphatic heterocycles. The van der Waals surface area contributed by atoms with Crippen LogP contribution in [0.4, 0.5) is 0 Å². The lowest BCUT2D eigenvalue weighted by Gasteiger charge is -2.18. The molecule has 0 radical (unpaired) electrons. The summed E-state index contributed by atoms with van der Waals surface area (Å²) in [6.07, 6.45) is 2.46. The van der Waals surface area contributed by atoms with Crippen LogP contribution in [0.15, 0.2) is 30.3 Å². The highest BCUT2D eigenvalue weighted by atomic mass is 35.5. The Hall–Kier alpha value is -1.46. The fraction of sp³-hybridized carbons (Fsp3) is 0.316. The number of carbonyl (C=O) groups excluding carboxylic acids is 1. The van der Waals surface area contributed by atoms with E-state index in [0.29, 0.717) is 6.54 Å². The Labute approximate surface area is 167 Å². The minimum absolute atomic E-state index is 0.0148. The Kier molecular flexibility index (Phi) is 6.30. The van der Waals surface area contributed by atoms with Crippen LogP contribution < -0.4 is 5.32 Å². The van der Waals surface area contributed by atoms with Gasteiger partial charge in [-0.2, -0.15) is 0 Å². The first kappa shape index (κ1) is 19.3. The first-order valence-electron chi connectivity index (χ1n) is 8.41. The van der Waals surface area contributed by atoms with Crippen molar-refractivity contribution in [3.63, 3.8) is 0 Å². The van der Waals surface area contributed by atoms with Crippen molar-refractivity contribution in [3.8, 4) is 5.75 Å².